The van der Waals surface area contributed by atoms with E-state index in [1.807, 2.05) is 12.1 Å². The third-order valence-electron chi connectivity index (χ3n) is 7.10. The van der Waals surface area contributed by atoms with E-state index in [2.05, 4.69) is 26.8 Å². The van der Waals surface area contributed by atoms with E-state index in [1.165, 1.54) is 37.7 Å². The normalized spacial score (nSPS) is 36.5. The average molecular weight is 296 g/mol. The summed E-state index contributed by atoms with van der Waals surface area (Å²) >= 11 is 0. The first-order valence-electron chi connectivity index (χ1n) is 8.99. The first kappa shape index (κ1) is 14.4. The molecule has 0 bridgehead atoms. The molecule has 3 aliphatic carbocycles. The Labute approximate surface area is 134 Å². The number of hydrogen-bond donors (Lipinski definition) is 1. The monoisotopic (exact) mass is 296 g/mol. The van der Waals surface area contributed by atoms with Crippen molar-refractivity contribution in [1.82, 2.24) is 0 Å². The Bertz CT molecular complexity index is 637. The van der Waals surface area contributed by atoms with E-state index in [9.17, 15) is 5.11 Å². The number of aryl methyl sites for hydroxylation is 1. The van der Waals surface area contributed by atoms with Gasteiger partial charge >= 0.3 is 0 Å². The Morgan fingerprint density at radius 1 is 1.14 bits per heavy atom. The van der Waals surface area contributed by atoms with Crippen LogP contribution in [0.1, 0.15) is 69.9 Å². The number of aromatic hydroxyl groups is 1. The van der Waals surface area contributed by atoms with Crippen molar-refractivity contribution in [2.45, 2.75) is 65.2 Å². The molecule has 0 amide bonds. The molecule has 0 heterocycles. The van der Waals surface area contributed by atoms with Gasteiger partial charge in [-0.25, -0.2) is 0 Å². The summed E-state index contributed by atoms with van der Waals surface area (Å²) in [6.45, 7) is 7.18. The number of hydrogen-bond acceptors (Lipinski definition) is 1. The van der Waals surface area contributed by atoms with Crippen LogP contribution in [0.25, 0.3) is 0 Å². The molecule has 2 saturated carbocycles. The smallest absolute Gasteiger partial charge is 0.115 e. The number of rotatable bonds is 0. The summed E-state index contributed by atoms with van der Waals surface area (Å²) in [5.41, 5.74) is 6.76. The predicted octanol–water partition coefficient (Wildman–Crippen LogP) is 5.58. The average Bonchev–Trinajstić information content (AvgIpc) is 2.84. The van der Waals surface area contributed by atoms with Gasteiger partial charge in [-0.3, -0.25) is 0 Å². The standard InChI is InChI=1S/C21H28O/c1-13(2)19-8-9-20-18-6-4-14-12-15(22)5-7-16(14)17(18)10-11-21(19,20)3/h5,7,12,17-18,20,22H,4,6,8-11H2,1-3H3/t17-,18-,20+,21-/m1/s1. The molecule has 1 N–H and O–H groups in total. The highest BCUT2D eigenvalue weighted by molar-refractivity contribution is 5.41. The van der Waals surface area contributed by atoms with Gasteiger partial charge < -0.3 is 5.11 Å². The molecule has 0 aliphatic heterocycles. The second kappa shape index (κ2) is 4.88. The van der Waals surface area contributed by atoms with Crippen LogP contribution < -0.4 is 0 Å². The molecular weight excluding hydrogens is 268 g/mol. The number of fused-ring (bicyclic) bond motifs is 5. The number of phenols is 1. The van der Waals surface area contributed by atoms with Gasteiger partial charge in [-0.15, -0.1) is 0 Å². The second-order valence-corrected chi connectivity index (χ2v) is 8.27. The van der Waals surface area contributed by atoms with Crippen molar-refractivity contribution in [2.24, 2.45) is 17.3 Å². The molecule has 118 valence electrons. The van der Waals surface area contributed by atoms with E-state index in [-0.39, 0.29) is 0 Å². The number of phenolic OH excluding ortho intramolecular Hbond substituents is 1. The lowest BCUT2D eigenvalue weighted by atomic mass is 9.55. The maximum Gasteiger partial charge on any atom is 0.115 e. The van der Waals surface area contributed by atoms with Gasteiger partial charge in [-0.05, 0) is 98.8 Å². The van der Waals surface area contributed by atoms with E-state index in [0.29, 0.717) is 11.2 Å². The molecule has 0 saturated heterocycles. The Balaban J connectivity index is 1.72. The van der Waals surface area contributed by atoms with Crippen LogP contribution in [-0.2, 0) is 6.42 Å². The maximum atomic E-state index is 9.77. The van der Waals surface area contributed by atoms with E-state index in [1.54, 1.807) is 16.7 Å². The molecule has 2 fully saturated rings. The topological polar surface area (TPSA) is 20.2 Å². The zero-order valence-corrected chi connectivity index (χ0v) is 14.2. The molecule has 1 aromatic rings. The van der Waals surface area contributed by atoms with E-state index < -0.39 is 0 Å². The van der Waals surface area contributed by atoms with Gasteiger partial charge in [0.1, 0.15) is 5.75 Å². The van der Waals surface area contributed by atoms with Gasteiger partial charge in [0.15, 0.2) is 0 Å². The highest BCUT2D eigenvalue weighted by Gasteiger charge is 2.52. The van der Waals surface area contributed by atoms with Crippen molar-refractivity contribution >= 4 is 0 Å². The molecular formula is C21H28O. The largest absolute Gasteiger partial charge is 0.508 e. The quantitative estimate of drug-likeness (QED) is 0.619. The van der Waals surface area contributed by atoms with E-state index >= 15 is 0 Å². The van der Waals surface area contributed by atoms with E-state index in [0.717, 1.165) is 24.2 Å². The molecule has 4 rings (SSSR count). The lowest BCUT2D eigenvalue weighted by Crippen LogP contribution is -2.40. The summed E-state index contributed by atoms with van der Waals surface area (Å²) in [5, 5.41) is 9.77. The van der Waals surface area contributed by atoms with Gasteiger partial charge in [0.05, 0.1) is 0 Å². The van der Waals surface area contributed by atoms with Gasteiger partial charge in [0, 0.05) is 0 Å². The van der Waals surface area contributed by atoms with Gasteiger partial charge in [0.25, 0.3) is 0 Å². The molecule has 0 unspecified atom stereocenters. The zero-order chi connectivity index (χ0) is 15.5. The lowest BCUT2D eigenvalue weighted by Gasteiger charge is -2.50. The van der Waals surface area contributed by atoms with Crippen LogP contribution in [0.15, 0.2) is 29.3 Å². The summed E-state index contributed by atoms with van der Waals surface area (Å²) in [5.74, 6) is 2.90. The lowest BCUT2D eigenvalue weighted by molar-refractivity contribution is 0.0809. The Hall–Kier alpha value is -1.24. The minimum atomic E-state index is 0.436. The first-order valence-corrected chi connectivity index (χ1v) is 8.99. The molecule has 22 heavy (non-hydrogen) atoms. The predicted molar refractivity (Wildman–Crippen MR) is 91.1 cm³/mol. The number of benzene rings is 1. The van der Waals surface area contributed by atoms with Crippen molar-refractivity contribution in [3.63, 3.8) is 0 Å². The van der Waals surface area contributed by atoms with Crippen molar-refractivity contribution in [2.75, 3.05) is 0 Å². The Morgan fingerprint density at radius 3 is 2.73 bits per heavy atom. The van der Waals surface area contributed by atoms with Gasteiger partial charge in [0.2, 0.25) is 0 Å². The summed E-state index contributed by atoms with van der Waals surface area (Å²) in [6, 6.07) is 6.11. The number of allylic oxidation sites excluding steroid dienone is 2. The fourth-order valence-corrected chi connectivity index (χ4v) is 6.20. The Kier molecular flexibility index (Phi) is 3.18. The molecule has 1 aromatic carbocycles. The van der Waals surface area contributed by atoms with Gasteiger partial charge in [-0.2, -0.15) is 0 Å². The maximum absolute atomic E-state index is 9.77. The Morgan fingerprint density at radius 2 is 1.95 bits per heavy atom. The molecule has 1 nitrogen and oxygen atoms in total. The van der Waals surface area contributed by atoms with Crippen LogP contribution in [0, 0.1) is 17.3 Å². The van der Waals surface area contributed by atoms with Crippen LogP contribution in [-0.4, -0.2) is 5.11 Å². The molecule has 0 spiro atoms. The minimum absolute atomic E-state index is 0.436. The highest BCUT2D eigenvalue weighted by atomic mass is 16.3. The van der Waals surface area contributed by atoms with Crippen molar-refractivity contribution in [1.29, 1.82) is 0 Å². The highest BCUT2D eigenvalue weighted by Crippen LogP contribution is 2.63. The van der Waals surface area contributed by atoms with Crippen molar-refractivity contribution < 1.29 is 5.11 Å². The van der Waals surface area contributed by atoms with Crippen LogP contribution in [0.2, 0.25) is 0 Å². The third kappa shape index (κ3) is 1.90. The summed E-state index contributed by atoms with van der Waals surface area (Å²) in [4.78, 5) is 0. The summed E-state index contributed by atoms with van der Waals surface area (Å²) in [7, 11) is 0. The minimum Gasteiger partial charge on any atom is -0.508 e. The zero-order valence-electron chi connectivity index (χ0n) is 14.2. The van der Waals surface area contributed by atoms with Gasteiger partial charge in [-0.1, -0.05) is 24.1 Å². The molecule has 3 aliphatic rings. The molecule has 0 radical (unpaired) electrons. The first-order chi connectivity index (χ1) is 10.5. The molecule has 4 atom stereocenters. The fraction of sp³-hybridized carbons (Fsp3) is 0.619. The molecule has 0 aromatic heterocycles. The SMILES string of the molecule is CC(C)=C1CC[C@H]2[C@@H]3CCc4cc(O)ccc4[C@H]3CC[C@]12C. The van der Waals surface area contributed by atoms with Crippen LogP contribution in [0.3, 0.4) is 0 Å². The van der Waals surface area contributed by atoms with Crippen LogP contribution in [0.4, 0.5) is 0 Å². The fourth-order valence-electron chi connectivity index (χ4n) is 6.20. The van der Waals surface area contributed by atoms with Crippen molar-refractivity contribution in [3.05, 3.63) is 40.5 Å². The van der Waals surface area contributed by atoms with Crippen LogP contribution >= 0.6 is 0 Å². The van der Waals surface area contributed by atoms with E-state index in [4.69, 9.17) is 0 Å². The second-order valence-electron chi connectivity index (χ2n) is 8.27. The van der Waals surface area contributed by atoms with Crippen molar-refractivity contribution in [3.8, 4) is 5.75 Å². The third-order valence-corrected chi connectivity index (χ3v) is 7.10. The molecule has 1 heteroatoms. The summed E-state index contributed by atoms with van der Waals surface area (Å²) in [6.07, 6.45) is 7.87. The van der Waals surface area contributed by atoms with Crippen LogP contribution in [0.5, 0.6) is 5.75 Å². The summed E-state index contributed by atoms with van der Waals surface area (Å²) < 4.78 is 0.